The van der Waals surface area contributed by atoms with E-state index < -0.39 is 0 Å². The average molecular weight is 161 g/mol. The Bertz CT molecular complexity index is 276. The molecule has 1 nitrogen and oxygen atoms in total. The van der Waals surface area contributed by atoms with Crippen molar-refractivity contribution in [1.82, 2.24) is 0 Å². The Kier molecular flexibility index (Phi) is 2.92. The van der Waals surface area contributed by atoms with Crippen LogP contribution in [0.1, 0.15) is 18.1 Å². The summed E-state index contributed by atoms with van der Waals surface area (Å²) in [6.07, 6.45) is 2.86. The molecule has 0 aliphatic heterocycles. The molecule has 0 heterocycles. The van der Waals surface area contributed by atoms with Gasteiger partial charge in [0.1, 0.15) is 5.75 Å². The minimum absolute atomic E-state index is 0.694. The molecular formula is C11H13O. The molecule has 12 heavy (non-hydrogen) atoms. The maximum Gasteiger partial charge on any atom is 0.119 e. The third-order valence-corrected chi connectivity index (χ3v) is 1.71. The highest BCUT2D eigenvalue weighted by molar-refractivity contribution is 5.37. The van der Waals surface area contributed by atoms with E-state index in [1.54, 1.807) is 0 Å². The second-order valence-corrected chi connectivity index (χ2v) is 2.59. The first-order chi connectivity index (χ1) is 5.77. The van der Waals surface area contributed by atoms with Crippen molar-refractivity contribution in [2.45, 2.75) is 13.8 Å². The van der Waals surface area contributed by atoms with Crippen LogP contribution in [0, 0.1) is 13.0 Å². The minimum atomic E-state index is 0.694. The quantitative estimate of drug-likeness (QED) is 0.662. The van der Waals surface area contributed by atoms with E-state index in [9.17, 15) is 0 Å². The van der Waals surface area contributed by atoms with Crippen molar-refractivity contribution in [3.05, 3.63) is 42.0 Å². The van der Waals surface area contributed by atoms with Crippen LogP contribution in [-0.2, 0) is 0 Å². The summed E-state index contributed by atoms with van der Waals surface area (Å²) in [6, 6.07) is 5.92. The van der Waals surface area contributed by atoms with Crippen LogP contribution in [-0.4, -0.2) is 6.61 Å². The molecule has 0 unspecified atom stereocenters. The summed E-state index contributed by atoms with van der Waals surface area (Å²) < 4.78 is 5.34. The van der Waals surface area contributed by atoms with Gasteiger partial charge in [-0.2, -0.15) is 0 Å². The summed E-state index contributed by atoms with van der Waals surface area (Å²) in [4.78, 5) is 0. The monoisotopic (exact) mass is 161 g/mol. The topological polar surface area (TPSA) is 9.23 Å². The van der Waals surface area contributed by atoms with Gasteiger partial charge in [-0.15, -0.1) is 0 Å². The summed E-state index contributed by atoms with van der Waals surface area (Å²) in [5.74, 6) is 0.884. The summed E-state index contributed by atoms with van der Waals surface area (Å²) in [7, 11) is 0. The van der Waals surface area contributed by atoms with Crippen LogP contribution < -0.4 is 4.74 Å². The van der Waals surface area contributed by atoms with Crippen LogP contribution in [0.15, 0.2) is 24.8 Å². The molecule has 63 valence electrons. The van der Waals surface area contributed by atoms with Crippen molar-refractivity contribution in [3.8, 4) is 5.75 Å². The molecule has 0 N–H and O–H groups in total. The average Bonchev–Trinajstić information content (AvgIpc) is 2.09. The van der Waals surface area contributed by atoms with Crippen molar-refractivity contribution in [2.24, 2.45) is 0 Å². The van der Waals surface area contributed by atoms with Gasteiger partial charge < -0.3 is 4.74 Å². The zero-order chi connectivity index (χ0) is 8.97. The smallest absolute Gasteiger partial charge is 0.119 e. The molecule has 0 spiro atoms. The van der Waals surface area contributed by atoms with E-state index in [0.29, 0.717) is 6.61 Å². The van der Waals surface area contributed by atoms with Gasteiger partial charge in [-0.3, -0.25) is 0 Å². The second kappa shape index (κ2) is 3.96. The highest BCUT2D eigenvalue weighted by Crippen LogP contribution is 2.16. The molecule has 1 aromatic rings. The first-order valence-corrected chi connectivity index (χ1v) is 4.04. The van der Waals surface area contributed by atoms with Crippen molar-refractivity contribution in [3.63, 3.8) is 0 Å². The van der Waals surface area contributed by atoms with E-state index in [1.165, 1.54) is 5.56 Å². The Balaban J connectivity index is 2.96. The van der Waals surface area contributed by atoms with Crippen LogP contribution in [0.3, 0.4) is 0 Å². The maximum atomic E-state index is 5.34. The van der Waals surface area contributed by atoms with E-state index in [2.05, 4.69) is 12.7 Å². The Morgan fingerprint density at radius 3 is 2.83 bits per heavy atom. The van der Waals surface area contributed by atoms with Crippen molar-refractivity contribution in [2.75, 3.05) is 6.61 Å². The Labute approximate surface area is 73.7 Å². The summed E-state index contributed by atoms with van der Waals surface area (Å²) >= 11 is 0. The number of rotatable bonds is 3. The molecule has 1 radical (unpaired) electrons. The fourth-order valence-electron chi connectivity index (χ4n) is 1.05. The largest absolute Gasteiger partial charge is 0.494 e. The minimum Gasteiger partial charge on any atom is -0.494 e. The van der Waals surface area contributed by atoms with Crippen LogP contribution >= 0.6 is 0 Å². The molecule has 1 heteroatoms. The zero-order valence-corrected chi connectivity index (χ0v) is 7.55. The number of hydrogen-bond acceptors (Lipinski definition) is 1. The van der Waals surface area contributed by atoms with Gasteiger partial charge in [-0.25, -0.2) is 0 Å². The van der Waals surface area contributed by atoms with Crippen molar-refractivity contribution in [1.29, 1.82) is 0 Å². The van der Waals surface area contributed by atoms with Crippen molar-refractivity contribution >= 4 is 0 Å². The van der Waals surface area contributed by atoms with E-state index in [4.69, 9.17) is 4.74 Å². The number of aryl methyl sites for hydroxylation is 1. The van der Waals surface area contributed by atoms with Gasteiger partial charge in [0, 0.05) is 0 Å². The first kappa shape index (κ1) is 8.85. The standard InChI is InChI=1S/C11H13O/c1-4-10-8-11(12-5-2)7-6-9(10)3/h6-8H,1,5H2,2-3H3. The second-order valence-electron chi connectivity index (χ2n) is 2.59. The Morgan fingerprint density at radius 1 is 1.50 bits per heavy atom. The number of ether oxygens (including phenoxy) is 1. The molecule has 0 saturated carbocycles. The van der Waals surface area contributed by atoms with E-state index in [0.717, 1.165) is 11.3 Å². The van der Waals surface area contributed by atoms with Crippen molar-refractivity contribution < 1.29 is 4.74 Å². The molecule has 0 aliphatic carbocycles. The third kappa shape index (κ3) is 1.88. The molecule has 1 aromatic carbocycles. The van der Waals surface area contributed by atoms with Gasteiger partial charge in [0.15, 0.2) is 0 Å². The van der Waals surface area contributed by atoms with E-state index in [1.807, 2.05) is 32.0 Å². The normalized spacial score (nSPS) is 9.50. The number of hydrogen-bond donors (Lipinski definition) is 0. The molecule has 0 bridgehead atoms. The van der Waals surface area contributed by atoms with Crippen LogP contribution in [0.25, 0.3) is 0 Å². The molecule has 0 aliphatic rings. The van der Waals surface area contributed by atoms with Gasteiger partial charge in [0.05, 0.1) is 6.61 Å². The SMILES string of the molecule is C=[C]c1cc(OCC)ccc1C. The van der Waals surface area contributed by atoms with Crippen LogP contribution in [0.4, 0.5) is 0 Å². The van der Waals surface area contributed by atoms with Gasteiger partial charge in [-0.1, -0.05) is 12.6 Å². The fraction of sp³-hybridized carbons (Fsp3) is 0.273. The zero-order valence-electron chi connectivity index (χ0n) is 7.55. The lowest BCUT2D eigenvalue weighted by Crippen LogP contribution is -1.92. The fourth-order valence-corrected chi connectivity index (χ4v) is 1.05. The maximum absolute atomic E-state index is 5.34. The lowest BCUT2D eigenvalue weighted by molar-refractivity contribution is 0.340. The molecule has 1 rings (SSSR count). The lowest BCUT2D eigenvalue weighted by Gasteiger charge is -2.05. The lowest BCUT2D eigenvalue weighted by atomic mass is 10.1. The molecule has 0 aromatic heterocycles. The highest BCUT2D eigenvalue weighted by atomic mass is 16.5. The van der Waals surface area contributed by atoms with Gasteiger partial charge in [0.25, 0.3) is 0 Å². The summed E-state index contributed by atoms with van der Waals surface area (Å²) in [5, 5.41) is 0. The molecular weight excluding hydrogens is 148 g/mol. The molecule has 0 saturated heterocycles. The Hall–Kier alpha value is -1.24. The third-order valence-electron chi connectivity index (χ3n) is 1.71. The first-order valence-electron chi connectivity index (χ1n) is 4.04. The van der Waals surface area contributed by atoms with Gasteiger partial charge in [-0.05, 0) is 43.2 Å². The van der Waals surface area contributed by atoms with E-state index in [-0.39, 0.29) is 0 Å². The van der Waals surface area contributed by atoms with Crippen LogP contribution in [0.5, 0.6) is 5.75 Å². The predicted octanol–water partition coefficient (Wildman–Crippen LogP) is 2.73. The highest BCUT2D eigenvalue weighted by Gasteiger charge is 1.96. The Morgan fingerprint density at radius 2 is 2.25 bits per heavy atom. The number of benzene rings is 1. The molecule has 0 amide bonds. The van der Waals surface area contributed by atoms with Gasteiger partial charge >= 0.3 is 0 Å². The summed E-state index contributed by atoms with van der Waals surface area (Å²) in [6.45, 7) is 8.31. The van der Waals surface area contributed by atoms with Crippen LogP contribution in [0.2, 0.25) is 0 Å². The van der Waals surface area contributed by atoms with E-state index >= 15 is 0 Å². The van der Waals surface area contributed by atoms with Gasteiger partial charge in [0.2, 0.25) is 0 Å². The summed E-state index contributed by atoms with van der Waals surface area (Å²) in [5.41, 5.74) is 2.19. The molecule has 0 fully saturated rings. The molecule has 0 atom stereocenters. The predicted molar refractivity (Wildman–Crippen MR) is 50.3 cm³/mol.